The first-order chi connectivity index (χ1) is 12.7. The summed E-state index contributed by atoms with van der Waals surface area (Å²) in [5.74, 6) is 1.84. The van der Waals surface area contributed by atoms with E-state index in [0.717, 1.165) is 72.9 Å². The molecule has 3 aromatic rings. The Morgan fingerprint density at radius 3 is 2.77 bits per heavy atom. The Morgan fingerprint density at radius 2 is 1.96 bits per heavy atom. The summed E-state index contributed by atoms with van der Waals surface area (Å²) in [5.41, 5.74) is 2.65. The molecule has 26 heavy (non-hydrogen) atoms. The second kappa shape index (κ2) is 5.95. The van der Waals surface area contributed by atoms with Crippen LogP contribution in [-0.4, -0.2) is 51.9 Å². The maximum atomic E-state index is 6.11. The van der Waals surface area contributed by atoms with E-state index in [4.69, 9.17) is 4.74 Å². The van der Waals surface area contributed by atoms with E-state index in [1.54, 1.807) is 6.33 Å². The number of fused-ring (bicyclic) bond motifs is 1. The first-order valence-electron chi connectivity index (χ1n) is 9.15. The highest BCUT2D eigenvalue weighted by Crippen LogP contribution is 2.40. The number of hydrogen-bond donors (Lipinski definition) is 2. The van der Waals surface area contributed by atoms with Crippen molar-refractivity contribution in [2.45, 2.75) is 25.4 Å². The summed E-state index contributed by atoms with van der Waals surface area (Å²) in [4.78, 5) is 11.2. The van der Waals surface area contributed by atoms with Crippen molar-refractivity contribution in [3.63, 3.8) is 0 Å². The number of H-pyrrole nitrogens is 1. The van der Waals surface area contributed by atoms with Gasteiger partial charge in [-0.25, -0.2) is 9.97 Å². The zero-order valence-electron chi connectivity index (χ0n) is 14.8. The highest BCUT2D eigenvalue weighted by Gasteiger charge is 2.40. The number of aromatic amines is 1. The maximum absolute atomic E-state index is 6.11. The molecule has 7 heteroatoms. The third-order valence-corrected chi connectivity index (χ3v) is 5.19. The highest BCUT2D eigenvalue weighted by molar-refractivity contribution is 5.93. The summed E-state index contributed by atoms with van der Waals surface area (Å²) in [5, 5.41) is 12.0. The van der Waals surface area contributed by atoms with E-state index in [0.29, 0.717) is 0 Å². The summed E-state index contributed by atoms with van der Waals surface area (Å²) in [7, 11) is 0. The van der Waals surface area contributed by atoms with E-state index in [2.05, 4.69) is 43.4 Å². The maximum Gasteiger partial charge on any atom is 0.132 e. The Bertz CT molecular complexity index is 942. The first kappa shape index (κ1) is 15.6. The van der Waals surface area contributed by atoms with Gasteiger partial charge in [0.15, 0.2) is 0 Å². The van der Waals surface area contributed by atoms with Crippen molar-refractivity contribution >= 4 is 16.7 Å². The smallest absolute Gasteiger partial charge is 0.132 e. The van der Waals surface area contributed by atoms with Gasteiger partial charge in [0.25, 0.3) is 0 Å². The zero-order valence-corrected chi connectivity index (χ0v) is 14.8. The van der Waals surface area contributed by atoms with Crippen molar-refractivity contribution in [1.29, 1.82) is 0 Å². The standard InChI is InChI=1S/C19H22N6O/c1-19(4-5-19)26-13-2-3-15-14(10-13)18(24-23-15)16-11-17(22-12-21-16)25-8-6-20-7-9-25/h2-3,10-12,20H,4-9H2,1H3,(H,23,24). The molecular weight excluding hydrogens is 328 g/mol. The van der Waals surface area contributed by atoms with Crippen LogP contribution in [0.2, 0.25) is 0 Å². The van der Waals surface area contributed by atoms with Gasteiger partial charge in [-0.2, -0.15) is 5.10 Å². The Morgan fingerprint density at radius 1 is 1.12 bits per heavy atom. The van der Waals surface area contributed by atoms with Crippen LogP contribution in [0, 0.1) is 0 Å². The summed E-state index contributed by atoms with van der Waals surface area (Å²) in [6, 6.07) is 8.10. The van der Waals surface area contributed by atoms with Crippen molar-refractivity contribution in [3.8, 4) is 17.1 Å². The van der Waals surface area contributed by atoms with Gasteiger partial charge in [0.05, 0.1) is 11.2 Å². The number of aromatic nitrogens is 4. The molecule has 0 spiro atoms. The van der Waals surface area contributed by atoms with Gasteiger partial charge in [-0.3, -0.25) is 5.10 Å². The zero-order chi connectivity index (χ0) is 17.6. The van der Waals surface area contributed by atoms with Gasteiger partial charge < -0.3 is 15.0 Å². The quantitative estimate of drug-likeness (QED) is 0.752. The van der Waals surface area contributed by atoms with Crippen LogP contribution in [0.3, 0.4) is 0 Å². The molecule has 0 bridgehead atoms. The lowest BCUT2D eigenvalue weighted by Gasteiger charge is -2.28. The van der Waals surface area contributed by atoms with Crippen LogP contribution in [-0.2, 0) is 0 Å². The molecule has 1 saturated heterocycles. The molecule has 2 aromatic heterocycles. The van der Waals surface area contributed by atoms with Crippen LogP contribution < -0.4 is 15.0 Å². The summed E-state index contributed by atoms with van der Waals surface area (Å²) >= 11 is 0. The topological polar surface area (TPSA) is 79.0 Å². The van der Waals surface area contributed by atoms with Crippen LogP contribution in [0.4, 0.5) is 5.82 Å². The number of anilines is 1. The Kier molecular flexibility index (Phi) is 3.56. The highest BCUT2D eigenvalue weighted by atomic mass is 16.5. The van der Waals surface area contributed by atoms with Gasteiger partial charge in [0.2, 0.25) is 0 Å². The molecule has 1 saturated carbocycles. The number of benzene rings is 1. The van der Waals surface area contributed by atoms with E-state index >= 15 is 0 Å². The van der Waals surface area contributed by atoms with Gasteiger partial charge in [-0.05, 0) is 38.0 Å². The van der Waals surface area contributed by atoms with Gasteiger partial charge in [0, 0.05) is 37.6 Å². The van der Waals surface area contributed by atoms with Crippen LogP contribution in [0.25, 0.3) is 22.3 Å². The fourth-order valence-electron chi connectivity index (χ4n) is 3.36. The fraction of sp³-hybridized carbons (Fsp3) is 0.421. The molecule has 1 aliphatic heterocycles. The predicted molar refractivity (Wildman–Crippen MR) is 100 cm³/mol. The molecule has 1 aromatic carbocycles. The normalized spacial score (nSPS) is 18.9. The predicted octanol–water partition coefficient (Wildman–Crippen LogP) is 2.36. The average molecular weight is 350 g/mol. The lowest BCUT2D eigenvalue weighted by molar-refractivity contribution is 0.200. The number of nitrogens with one attached hydrogen (secondary N) is 2. The first-order valence-corrected chi connectivity index (χ1v) is 9.15. The minimum absolute atomic E-state index is 0.00194. The SMILES string of the molecule is CC1(Oc2ccc3[nH]nc(-c4cc(N5CCNCC5)ncn4)c3c2)CC1. The molecule has 3 heterocycles. The second-order valence-electron chi connectivity index (χ2n) is 7.33. The monoisotopic (exact) mass is 350 g/mol. The van der Waals surface area contributed by atoms with Crippen molar-refractivity contribution in [2.24, 2.45) is 0 Å². The Labute approximate surface area is 151 Å². The molecule has 0 atom stereocenters. The molecule has 2 fully saturated rings. The van der Waals surface area contributed by atoms with Crippen LogP contribution >= 0.6 is 0 Å². The number of nitrogens with zero attached hydrogens (tertiary/aromatic N) is 4. The molecule has 0 amide bonds. The van der Waals surface area contributed by atoms with E-state index in [1.807, 2.05) is 18.2 Å². The van der Waals surface area contributed by atoms with E-state index in [-0.39, 0.29) is 5.60 Å². The van der Waals surface area contributed by atoms with Crippen molar-refractivity contribution in [1.82, 2.24) is 25.5 Å². The van der Waals surface area contributed by atoms with Crippen LogP contribution in [0.1, 0.15) is 19.8 Å². The minimum Gasteiger partial charge on any atom is -0.488 e. The third kappa shape index (κ3) is 2.88. The van der Waals surface area contributed by atoms with Crippen LogP contribution in [0.15, 0.2) is 30.6 Å². The van der Waals surface area contributed by atoms with Crippen molar-refractivity contribution in [3.05, 3.63) is 30.6 Å². The lowest BCUT2D eigenvalue weighted by atomic mass is 10.1. The number of piperazine rings is 1. The third-order valence-electron chi connectivity index (χ3n) is 5.19. The fourth-order valence-corrected chi connectivity index (χ4v) is 3.36. The van der Waals surface area contributed by atoms with Gasteiger partial charge in [-0.15, -0.1) is 0 Å². The molecule has 134 valence electrons. The number of rotatable bonds is 4. The largest absolute Gasteiger partial charge is 0.488 e. The van der Waals surface area contributed by atoms with Gasteiger partial charge in [-0.1, -0.05) is 0 Å². The second-order valence-corrected chi connectivity index (χ2v) is 7.33. The molecule has 0 radical (unpaired) electrons. The van der Waals surface area contributed by atoms with Crippen molar-refractivity contribution < 1.29 is 4.74 Å². The molecular formula is C19H22N6O. The van der Waals surface area contributed by atoms with E-state index in [9.17, 15) is 0 Å². The number of hydrogen-bond acceptors (Lipinski definition) is 6. The molecule has 0 unspecified atom stereocenters. The molecule has 5 rings (SSSR count). The van der Waals surface area contributed by atoms with Gasteiger partial charge >= 0.3 is 0 Å². The van der Waals surface area contributed by atoms with Gasteiger partial charge in [0.1, 0.15) is 29.2 Å². The molecule has 7 nitrogen and oxygen atoms in total. The lowest BCUT2D eigenvalue weighted by Crippen LogP contribution is -2.43. The van der Waals surface area contributed by atoms with E-state index < -0.39 is 0 Å². The Hall–Kier alpha value is -2.67. The average Bonchev–Trinajstić information content (AvgIpc) is 3.25. The summed E-state index contributed by atoms with van der Waals surface area (Å²) in [6.07, 6.45) is 3.85. The van der Waals surface area contributed by atoms with E-state index in [1.165, 1.54) is 0 Å². The molecule has 1 aliphatic carbocycles. The summed E-state index contributed by atoms with van der Waals surface area (Å²) in [6.45, 7) is 6.01. The van der Waals surface area contributed by atoms with Crippen LogP contribution in [0.5, 0.6) is 5.75 Å². The number of ether oxygens (including phenoxy) is 1. The minimum atomic E-state index is 0.00194. The van der Waals surface area contributed by atoms with Crippen molar-refractivity contribution in [2.75, 3.05) is 31.1 Å². The summed E-state index contributed by atoms with van der Waals surface area (Å²) < 4.78 is 6.11. The molecule has 2 N–H and O–H groups in total. The Balaban J connectivity index is 1.50. The molecule has 2 aliphatic rings.